The summed E-state index contributed by atoms with van der Waals surface area (Å²) in [6, 6.07) is 4.95. The maximum atomic E-state index is 13.6. The fraction of sp³-hybridized carbons (Fsp3) is 0.318. The number of rotatable bonds is 3. The first kappa shape index (κ1) is 23.0. The van der Waals surface area contributed by atoms with Gasteiger partial charge in [-0.25, -0.2) is 19.3 Å². The van der Waals surface area contributed by atoms with E-state index in [1.807, 2.05) is 23.9 Å². The Bertz CT molecular complexity index is 1270. The number of hydrogen-bond donors (Lipinski definition) is 1. The minimum atomic E-state index is -4.75. The molecule has 1 aliphatic heterocycles. The summed E-state index contributed by atoms with van der Waals surface area (Å²) in [5.74, 6) is 0.579. The summed E-state index contributed by atoms with van der Waals surface area (Å²) in [5, 5.41) is 0.974. The van der Waals surface area contributed by atoms with Crippen molar-refractivity contribution >= 4 is 29.3 Å². The highest BCUT2D eigenvalue weighted by molar-refractivity contribution is 5.87. The number of benzene rings is 1. The highest BCUT2D eigenvalue weighted by atomic mass is 35.5. The minimum Gasteiger partial charge on any atom is -0.356 e. The van der Waals surface area contributed by atoms with E-state index in [1.165, 1.54) is 6.07 Å². The lowest BCUT2D eigenvalue weighted by atomic mass is 9.96. The Balaban J connectivity index is 0.00000259. The molecule has 0 radical (unpaired) electrons. The van der Waals surface area contributed by atoms with Gasteiger partial charge in [-0.15, -0.1) is 12.4 Å². The number of aromatic nitrogens is 5. The fourth-order valence-electron chi connectivity index (χ4n) is 4.36. The van der Waals surface area contributed by atoms with Gasteiger partial charge in [-0.2, -0.15) is 13.2 Å². The molecule has 0 bridgehead atoms. The van der Waals surface area contributed by atoms with Crippen LogP contribution in [0.3, 0.4) is 0 Å². The average molecular weight is 481 g/mol. The van der Waals surface area contributed by atoms with Crippen LogP contribution in [0.15, 0.2) is 43.0 Å². The van der Waals surface area contributed by atoms with E-state index in [-0.39, 0.29) is 23.9 Å². The van der Waals surface area contributed by atoms with Gasteiger partial charge in [-0.05, 0) is 37.1 Å². The molecule has 1 fully saturated rings. The predicted molar refractivity (Wildman–Crippen MR) is 119 cm³/mol. The van der Waals surface area contributed by atoms with Gasteiger partial charge in [0.2, 0.25) is 0 Å². The quantitative estimate of drug-likeness (QED) is 0.403. The SMILES string of the molecule is Cl.Cn1cc(-c2ccc(F)c(C(F)(F)F)c2)nc1C1CCN(c2ncnc3[nH]ccc23)CC1. The molecule has 0 aliphatic carbocycles. The number of piperidine rings is 1. The molecule has 1 aliphatic rings. The van der Waals surface area contributed by atoms with Gasteiger partial charge in [0.15, 0.2) is 0 Å². The molecule has 0 amide bonds. The molecule has 1 saturated heterocycles. The Labute approximate surface area is 193 Å². The summed E-state index contributed by atoms with van der Waals surface area (Å²) in [5.41, 5.74) is 0.161. The maximum absolute atomic E-state index is 13.6. The van der Waals surface area contributed by atoms with Crippen molar-refractivity contribution in [1.29, 1.82) is 0 Å². The van der Waals surface area contributed by atoms with E-state index in [9.17, 15) is 17.6 Å². The smallest absolute Gasteiger partial charge is 0.356 e. The van der Waals surface area contributed by atoms with Gasteiger partial charge in [-0.1, -0.05) is 0 Å². The number of imidazole rings is 1. The van der Waals surface area contributed by atoms with Gasteiger partial charge in [0.05, 0.1) is 16.6 Å². The molecule has 4 aromatic rings. The molecule has 1 N–H and O–H groups in total. The number of aryl methyl sites for hydroxylation is 1. The molecule has 174 valence electrons. The second kappa shape index (κ2) is 8.66. The Morgan fingerprint density at radius 3 is 2.58 bits per heavy atom. The van der Waals surface area contributed by atoms with Crippen LogP contribution in [0.4, 0.5) is 23.4 Å². The Morgan fingerprint density at radius 1 is 1.09 bits per heavy atom. The molecule has 1 aromatic carbocycles. The predicted octanol–water partition coefficient (Wildman–Crippen LogP) is 5.32. The molecule has 0 unspecified atom stereocenters. The molecule has 3 aromatic heterocycles. The van der Waals surface area contributed by atoms with E-state index in [0.29, 0.717) is 5.69 Å². The Morgan fingerprint density at radius 2 is 1.85 bits per heavy atom. The van der Waals surface area contributed by atoms with E-state index in [1.54, 1.807) is 12.5 Å². The molecular weight excluding hydrogens is 460 g/mol. The maximum Gasteiger partial charge on any atom is 0.419 e. The number of fused-ring (bicyclic) bond motifs is 1. The highest BCUT2D eigenvalue weighted by Gasteiger charge is 2.34. The summed E-state index contributed by atoms with van der Waals surface area (Å²) >= 11 is 0. The molecule has 0 saturated carbocycles. The summed E-state index contributed by atoms with van der Waals surface area (Å²) in [6.45, 7) is 1.55. The monoisotopic (exact) mass is 480 g/mol. The first-order chi connectivity index (χ1) is 15.3. The molecule has 11 heteroatoms. The zero-order valence-corrected chi connectivity index (χ0v) is 18.4. The minimum absolute atomic E-state index is 0. The van der Waals surface area contributed by atoms with Gasteiger partial charge < -0.3 is 14.5 Å². The lowest BCUT2D eigenvalue weighted by molar-refractivity contribution is -0.139. The van der Waals surface area contributed by atoms with Crippen LogP contribution in [0.1, 0.15) is 30.1 Å². The first-order valence-electron chi connectivity index (χ1n) is 10.2. The van der Waals surface area contributed by atoms with Crippen LogP contribution >= 0.6 is 12.4 Å². The normalized spacial score (nSPS) is 15.1. The number of nitrogens with one attached hydrogen (secondary N) is 1. The number of alkyl halides is 3. The zero-order valence-electron chi connectivity index (χ0n) is 17.6. The summed E-state index contributed by atoms with van der Waals surface area (Å²) in [7, 11) is 1.83. The molecule has 4 heterocycles. The summed E-state index contributed by atoms with van der Waals surface area (Å²) in [4.78, 5) is 18.6. The van der Waals surface area contributed by atoms with Crippen molar-refractivity contribution in [3.05, 3.63) is 60.2 Å². The van der Waals surface area contributed by atoms with Crippen molar-refractivity contribution in [2.24, 2.45) is 7.05 Å². The van der Waals surface area contributed by atoms with Gasteiger partial charge in [0.25, 0.3) is 0 Å². The van der Waals surface area contributed by atoms with Crippen molar-refractivity contribution in [3.8, 4) is 11.3 Å². The largest absolute Gasteiger partial charge is 0.419 e. The van der Waals surface area contributed by atoms with Gasteiger partial charge in [-0.3, -0.25) is 0 Å². The van der Waals surface area contributed by atoms with Crippen molar-refractivity contribution in [2.75, 3.05) is 18.0 Å². The van der Waals surface area contributed by atoms with Crippen LogP contribution in [-0.4, -0.2) is 37.6 Å². The molecular formula is C22H21ClF4N6. The molecule has 5 rings (SSSR count). The van der Waals surface area contributed by atoms with Crippen LogP contribution < -0.4 is 4.90 Å². The second-order valence-corrected chi connectivity index (χ2v) is 7.99. The summed E-state index contributed by atoms with van der Waals surface area (Å²) in [6.07, 6.45) is 1.99. The highest BCUT2D eigenvalue weighted by Crippen LogP contribution is 2.36. The third-order valence-corrected chi connectivity index (χ3v) is 5.97. The van der Waals surface area contributed by atoms with Crippen LogP contribution in [0.5, 0.6) is 0 Å². The van der Waals surface area contributed by atoms with Gasteiger partial charge in [0, 0.05) is 44.0 Å². The van der Waals surface area contributed by atoms with Gasteiger partial charge in [0.1, 0.15) is 29.4 Å². The van der Waals surface area contributed by atoms with E-state index in [2.05, 4.69) is 24.8 Å². The number of aromatic amines is 1. The topological polar surface area (TPSA) is 62.6 Å². The number of halogens is 5. The zero-order chi connectivity index (χ0) is 22.5. The Kier molecular flexibility index (Phi) is 6.04. The van der Waals surface area contributed by atoms with E-state index >= 15 is 0 Å². The van der Waals surface area contributed by atoms with Crippen molar-refractivity contribution in [3.63, 3.8) is 0 Å². The average Bonchev–Trinajstić information content (AvgIpc) is 3.40. The lowest BCUT2D eigenvalue weighted by Gasteiger charge is -2.32. The number of hydrogen-bond acceptors (Lipinski definition) is 4. The molecule has 0 spiro atoms. The van der Waals surface area contributed by atoms with Crippen molar-refractivity contribution in [2.45, 2.75) is 24.9 Å². The molecule has 0 atom stereocenters. The standard InChI is InChI=1S/C22H20F4N6.ClH/c1-31-11-18(14-2-3-17(23)16(10-14)22(24,25)26)30-20(31)13-5-8-32(9-6-13)21-15-4-7-27-19(15)28-12-29-21;/h2-4,7,10-13H,5-6,8-9H2,1H3,(H,27,28,29);1H. The third kappa shape index (κ3) is 4.27. The second-order valence-electron chi connectivity index (χ2n) is 7.99. The number of H-pyrrole nitrogens is 1. The summed E-state index contributed by atoms with van der Waals surface area (Å²) < 4.78 is 54.8. The number of anilines is 1. The first-order valence-corrected chi connectivity index (χ1v) is 10.2. The third-order valence-electron chi connectivity index (χ3n) is 5.97. The van der Waals surface area contributed by atoms with E-state index < -0.39 is 17.6 Å². The van der Waals surface area contributed by atoms with E-state index in [0.717, 1.165) is 60.7 Å². The van der Waals surface area contributed by atoms with Gasteiger partial charge >= 0.3 is 6.18 Å². The van der Waals surface area contributed by atoms with Crippen molar-refractivity contribution < 1.29 is 17.6 Å². The van der Waals surface area contributed by atoms with Crippen LogP contribution in [0.25, 0.3) is 22.3 Å². The van der Waals surface area contributed by atoms with Crippen molar-refractivity contribution in [1.82, 2.24) is 24.5 Å². The molecule has 33 heavy (non-hydrogen) atoms. The van der Waals surface area contributed by atoms with Crippen LogP contribution in [-0.2, 0) is 13.2 Å². The number of nitrogens with zero attached hydrogens (tertiary/aromatic N) is 5. The van der Waals surface area contributed by atoms with Crippen LogP contribution in [0.2, 0.25) is 0 Å². The van der Waals surface area contributed by atoms with Crippen LogP contribution in [0, 0.1) is 5.82 Å². The fourth-order valence-corrected chi connectivity index (χ4v) is 4.36. The van der Waals surface area contributed by atoms with E-state index in [4.69, 9.17) is 0 Å². The lowest BCUT2D eigenvalue weighted by Crippen LogP contribution is -2.34. The Hall–Kier alpha value is -3.14. The molecule has 6 nitrogen and oxygen atoms in total.